The van der Waals surface area contributed by atoms with Gasteiger partial charge in [-0.2, -0.15) is 5.10 Å². The SMILES string of the molecule is Cc1cc(C(=O)N(C)C2[C@H](C)CN(Cc3ccccc3)C[C@H]2C)n[nH]1. The van der Waals surface area contributed by atoms with Gasteiger partial charge in [-0.15, -0.1) is 0 Å². The number of rotatable bonds is 4. The first-order valence-electron chi connectivity index (χ1n) is 9.01. The molecule has 0 radical (unpaired) electrons. The van der Waals surface area contributed by atoms with Crippen molar-refractivity contribution >= 4 is 5.91 Å². The Morgan fingerprint density at radius 2 is 1.88 bits per heavy atom. The molecule has 1 amide bonds. The number of amides is 1. The van der Waals surface area contributed by atoms with Crippen molar-refractivity contribution in [3.8, 4) is 0 Å². The third-order valence-corrected chi connectivity index (χ3v) is 5.20. The molecule has 1 N–H and O–H groups in total. The van der Waals surface area contributed by atoms with Crippen LogP contribution in [0.4, 0.5) is 0 Å². The van der Waals surface area contributed by atoms with Crippen LogP contribution in [-0.2, 0) is 6.54 Å². The zero-order valence-electron chi connectivity index (χ0n) is 15.6. The van der Waals surface area contributed by atoms with Crippen molar-refractivity contribution in [3.63, 3.8) is 0 Å². The Hall–Kier alpha value is -2.14. The molecule has 1 fully saturated rings. The first-order valence-corrected chi connectivity index (χ1v) is 9.01. The second kappa shape index (κ2) is 7.40. The minimum atomic E-state index is 0.00422. The summed E-state index contributed by atoms with van der Waals surface area (Å²) in [5, 5.41) is 6.98. The van der Waals surface area contributed by atoms with E-state index in [9.17, 15) is 4.79 Å². The Labute approximate surface area is 150 Å². The van der Waals surface area contributed by atoms with Crippen LogP contribution < -0.4 is 0 Å². The van der Waals surface area contributed by atoms with E-state index in [1.165, 1.54) is 5.56 Å². The van der Waals surface area contributed by atoms with Gasteiger partial charge in [-0.1, -0.05) is 44.2 Å². The predicted octanol–water partition coefficient (Wildman–Crippen LogP) is 2.95. The van der Waals surface area contributed by atoms with Gasteiger partial charge in [0.05, 0.1) is 0 Å². The maximum Gasteiger partial charge on any atom is 0.274 e. The van der Waals surface area contributed by atoms with Crippen LogP contribution in [0.2, 0.25) is 0 Å². The highest BCUT2D eigenvalue weighted by Crippen LogP contribution is 2.28. The number of hydrogen-bond donors (Lipinski definition) is 1. The van der Waals surface area contributed by atoms with Crippen LogP contribution in [0.5, 0.6) is 0 Å². The largest absolute Gasteiger partial charge is 0.337 e. The van der Waals surface area contributed by atoms with Gasteiger partial charge in [-0.25, -0.2) is 0 Å². The van der Waals surface area contributed by atoms with Crippen molar-refractivity contribution < 1.29 is 4.79 Å². The van der Waals surface area contributed by atoms with E-state index in [1.807, 2.05) is 24.9 Å². The highest BCUT2D eigenvalue weighted by atomic mass is 16.2. The third-order valence-electron chi connectivity index (χ3n) is 5.20. The summed E-state index contributed by atoms with van der Waals surface area (Å²) >= 11 is 0. The smallest absolute Gasteiger partial charge is 0.274 e. The molecular weight excluding hydrogens is 312 g/mol. The van der Waals surface area contributed by atoms with Gasteiger partial charge in [0, 0.05) is 38.4 Å². The Kier molecular flexibility index (Phi) is 5.23. The molecule has 0 spiro atoms. The predicted molar refractivity (Wildman–Crippen MR) is 99.3 cm³/mol. The van der Waals surface area contributed by atoms with E-state index >= 15 is 0 Å². The summed E-state index contributed by atoms with van der Waals surface area (Å²) in [7, 11) is 1.91. The fourth-order valence-electron chi connectivity index (χ4n) is 4.24. The van der Waals surface area contributed by atoms with Crippen LogP contribution in [0.15, 0.2) is 36.4 Å². The molecule has 0 aliphatic carbocycles. The fourth-order valence-corrected chi connectivity index (χ4v) is 4.24. The molecule has 0 saturated carbocycles. The maximum atomic E-state index is 12.8. The molecule has 1 aliphatic heterocycles. The lowest BCUT2D eigenvalue weighted by Gasteiger charge is -2.45. The van der Waals surface area contributed by atoms with E-state index in [2.05, 4.69) is 59.3 Å². The average Bonchev–Trinajstić information content (AvgIpc) is 3.01. The van der Waals surface area contributed by atoms with Gasteiger partial charge in [-0.3, -0.25) is 14.8 Å². The number of nitrogens with one attached hydrogen (secondary N) is 1. The van der Waals surface area contributed by atoms with Gasteiger partial charge >= 0.3 is 0 Å². The highest BCUT2D eigenvalue weighted by molar-refractivity contribution is 5.92. The Morgan fingerprint density at radius 3 is 2.44 bits per heavy atom. The molecule has 0 unspecified atom stereocenters. The zero-order valence-corrected chi connectivity index (χ0v) is 15.6. The van der Waals surface area contributed by atoms with Crippen molar-refractivity contribution in [2.45, 2.75) is 33.4 Å². The summed E-state index contributed by atoms with van der Waals surface area (Å²) in [6.45, 7) is 9.38. The highest BCUT2D eigenvalue weighted by Gasteiger charge is 2.36. The van der Waals surface area contributed by atoms with Gasteiger partial charge < -0.3 is 4.90 Å². The lowest BCUT2D eigenvalue weighted by Crippen LogP contribution is -2.55. The molecule has 2 heterocycles. The van der Waals surface area contributed by atoms with Gasteiger partial charge in [0.2, 0.25) is 0 Å². The Balaban J connectivity index is 1.66. The molecule has 1 saturated heterocycles. The van der Waals surface area contributed by atoms with Crippen LogP contribution in [0.3, 0.4) is 0 Å². The number of nitrogens with zero attached hydrogens (tertiary/aromatic N) is 3. The van der Waals surface area contributed by atoms with Crippen molar-refractivity contribution in [1.29, 1.82) is 0 Å². The fraction of sp³-hybridized carbons (Fsp3) is 0.500. The molecule has 0 bridgehead atoms. The van der Waals surface area contributed by atoms with Crippen LogP contribution >= 0.6 is 0 Å². The van der Waals surface area contributed by atoms with Crippen molar-refractivity contribution in [1.82, 2.24) is 20.0 Å². The number of aromatic amines is 1. The summed E-state index contributed by atoms with van der Waals surface area (Å²) < 4.78 is 0. The quantitative estimate of drug-likeness (QED) is 0.931. The molecule has 2 aromatic rings. The topological polar surface area (TPSA) is 52.2 Å². The van der Waals surface area contributed by atoms with E-state index in [-0.39, 0.29) is 11.9 Å². The maximum absolute atomic E-state index is 12.8. The number of piperidine rings is 1. The molecule has 3 rings (SSSR count). The zero-order chi connectivity index (χ0) is 18.0. The molecule has 5 heteroatoms. The number of carbonyl (C=O) groups excluding carboxylic acids is 1. The van der Waals surface area contributed by atoms with Crippen LogP contribution in [-0.4, -0.2) is 52.1 Å². The first kappa shape index (κ1) is 17.7. The monoisotopic (exact) mass is 340 g/mol. The van der Waals surface area contributed by atoms with Gasteiger partial charge in [0.15, 0.2) is 0 Å². The van der Waals surface area contributed by atoms with Gasteiger partial charge in [-0.05, 0) is 30.4 Å². The van der Waals surface area contributed by atoms with E-state index in [1.54, 1.807) is 0 Å². The number of likely N-dealkylation sites (tertiary alicyclic amines) is 1. The van der Waals surface area contributed by atoms with Crippen LogP contribution in [0, 0.1) is 18.8 Å². The number of carbonyl (C=O) groups is 1. The number of H-pyrrole nitrogens is 1. The number of aryl methyl sites for hydroxylation is 1. The third kappa shape index (κ3) is 3.93. The van der Waals surface area contributed by atoms with Gasteiger partial charge in [0.25, 0.3) is 5.91 Å². The second-order valence-electron chi connectivity index (χ2n) is 7.48. The van der Waals surface area contributed by atoms with E-state index < -0.39 is 0 Å². The van der Waals surface area contributed by atoms with Crippen LogP contribution in [0.25, 0.3) is 0 Å². The number of hydrogen-bond acceptors (Lipinski definition) is 3. The lowest BCUT2D eigenvalue weighted by molar-refractivity contribution is 0.0267. The second-order valence-corrected chi connectivity index (χ2v) is 7.48. The van der Waals surface area contributed by atoms with Crippen molar-refractivity contribution in [3.05, 3.63) is 53.3 Å². The van der Waals surface area contributed by atoms with E-state index in [0.29, 0.717) is 17.5 Å². The molecule has 1 aromatic carbocycles. The molecule has 2 atom stereocenters. The molecule has 25 heavy (non-hydrogen) atoms. The van der Waals surface area contributed by atoms with Crippen molar-refractivity contribution in [2.75, 3.05) is 20.1 Å². The Bertz CT molecular complexity index is 699. The molecule has 1 aliphatic rings. The van der Waals surface area contributed by atoms with Gasteiger partial charge in [0.1, 0.15) is 5.69 Å². The van der Waals surface area contributed by atoms with E-state index in [4.69, 9.17) is 0 Å². The van der Waals surface area contributed by atoms with Crippen molar-refractivity contribution in [2.24, 2.45) is 11.8 Å². The summed E-state index contributed by atoms with van der Waals surface area (Å²) in [5.41, 5.74) is 2.76. The van der Waals surface area contributed by atoms with E-state index in [0.717, 1.165) is 25.3 Å². The molecule has 134 valence electrons. The molecule has 1 aromatic heterocycles. The minimum Gasteiger partial charge on any atom is -0.337 e. The average molecular weight is 340 g/mol. The minimum absolute atomic E-state index is 0.00422. The Morgan fingerprint density at radius 1 is 1.24 bits per heavy atom. The standard InChI is InChI=1S/C20H28N4O/c1-14-11-24(13-17-8-6-5-7-9-17)12-15(2)19(14)23(4)20(25)18-10-16(3)21-22-18/h5-10,14-15,19H,11-13H2,1-4H3,(H,21,22)/t14-,15-/m1/s1. The summed E-state index contributed by atoms with van der Waals surface area (Å²) in [6, 6.07) is 12.6. The molecule has 5 nitrogen and oxygen atoms in total. The number of aromatic nitrogens is 2. The number of benzene rings is 1. The van der Waals surface area contributed by atoms with Crippen LogP contribution in [0.1, 0.15) is 35.6 Å². The summed E-state index contributed by atoms with van der Waals surface area (Å²) in [5.74, 6) is 0.840. The molecular formula is C20H28N4O. The normalized spacial score (nSPS) is 22.1. The first-order chi connectivity index (χ1) is 12.0. The lowest BCUT2D eigenvalue weighted by atomic mass is 9.84. The summed E-state index contributed by atoms with van der Waals surface area (Å²) in [6.07, 6.45) is 0. The summed E-state index contributed by atoms with van der Waals surface area (Å²) in [4.78, 5) is 17.1.